The number of benzene rings is 1. The first-order chi connectivity index (χ1) is 16.6. The van der Waals surface area contributed by atoms with Gasteiger partial charge in [-0.15, -0.1) is 0 Å². The number of carbonyl (C=O) groups excluding carboxylic acids is 2. The van der Waals surface area contributed by atoms with Crippen LogP contribution in [0.15, 0.2) is 45.3 Å². The van der Waals surface area contributed by atoms with E-state index < -0.39 is 5.82 Å². The van der Waals surface area contributed by atoms with E-state index in [4.69, 9.17) is 21.7 Å². The monoisotopic (exact) mass is 501 g/mol. The van der Waals surface area contributed by atoms with Gasteiger partial charge < -0.3 is 25.7 Å². The fourth-order valence-electron chi connectivity index (χ4n) is 4.61. The number of amides is 2. The Kier molecular flexibility index (Phi) is 7.25. The Morgan fingerprint density at radius 2 is 1.94 bits per heavy atom. The normalized spacial score (nSPS) is 24.8. The topological polar surface area (TPSA) is 107 Å². The molecular formula is C25H29ClFN5O3. The summed E-state index contributed by atoms with van der Waals surface area (Å²) >= 11 is 6.21. The van der Waals surface area contributed by atoms with Crippen LogP contribution < -0.4 is 15.4 Å². The Bertz CT molecular complexity index is 1170. The third-order valence-electron chi connectivity index (χ3n) is 6.42. The van der Waals surface area contributed by atoms with E-state index in [2.05, 4.69) is 15.6 Å². The molecule has 186 valence electrons. The number of rotatable bonds is 4. The lowest BCUT2D eigenvalue weighted by atomic mass is 9.93. The molecule has 0 radical (unpaired) electrons. The highest BCUT2D eigenvalue weighted by Gasteiger charge is 2.32. The summed E-state index contributed by atoms with van der Waals surface area (Å²) in [7, 11) is 0. The van der Waals surface area contributed by atoms with E-state index in [0.717, 1.165) is 18.5 Å². The largest absolute Gasteiger partial charge is 0.489 e. The molecule has 2 aliphatic heterocycles. The predicted octanol–water partition coefficient (Wildman–Crippen LogP) is 3.87. The molecule has 0 atom stereocenters. The summed E-state index contributed by atoms with van der Waals surface area (Å²) in [5.41, 5.74) is 2.53. The van der Waals surface area contributed by atoms with Gasteiger partial charge in [0.05, 0.1) is 41.2 Å². The molecule has 1 saturated heterocycles. The average molecular weight is 502 g/mol. The van der Waals surface area contributed by atoms with Crippen molar-refractivity contribution >= 4 is 34.8 Å². The van der Waals surface area contributed by atoms with Crippen LogP contribution in [0.2, 0.25) is 0 Å². The molecule has 8 nitrogen and oxygen atoms in total. The molecule has 1 aliphatic carbocycles. The molecule has 3 aliphatic rings. The molecule has 1 aromatic rings. The SMILES string of the molecule is CC(=O)N[C@H]1CC[C@@H](Oc2cc(F)ccc2C(=O)N2CC(=N)/C(=C3/N=C(C)C(Cl)=C(C)N3)C2)CC1. The number of nitrogens with zero attached hydrogens (tertiary/aromatic N) is 2. The van der Waals surface area contributed by atoms with E-state index in [1.165, 1.54) is 30.0 Å². The van der Waals surface area contributed by atoms with Crippen molar-refractivity contribution in [2.45, 2.75) is 58.6 Å². The quantitative estimate of drug-likeness (QED) is 0.582. The lowest BCUT2D eigenvalue weighted by Crippen LogP contribution is -2.38. The Morgan fingerprint density at radius 3 is 2.60 bits per heavy atom. The lowest BCUT2D eigenvalue weighted by Gasteiger charge is -2.30. The van der Waals surface area contributed by atoms with Gasteiger partial charge in [-0.2, -0.15) is 0 Å². The van der Waals surface area contributed by atoms with Gasteiger partial charge >= 0.3 is 0 Å². The van der Waals surface area contributed by atoms with Crippen LogP contribution in [0.3, 0.4) is 0 Å². The zero-order valence-corrected chi connectivity index (χ0v) is 20.8. The number of ether oxygens (including phenoxy) is 1. The zero-order chi connectivity index (χ0) is 25.3. The maximum Gasteiger partial charge on any atom is 0.258 e. The molecule has 1 saturated carbocycles. The number of nitrogens with one attached hydrogen (secondary N) is 3. The highest BCUT2D eigenvalue weighted by molar-refractivity contribution is 6.43. The van der Waals surface area contributed by atoms with Crippen LogP contribution in [0.4, 0.5) is 4.39 Å². The van der Waals surface area contributed by atoms with Gasteiger partial charge in [0, 0.05) is 30.3 Å². The summed E-state index contributed by atoms with van der Waals surface area (Å²) in [4.78, 5) is 30.7. The molecule has 2 fully saturated rings. The maximum atomic E-state index is 14.1. The lowest BCUT2D eigenvalue weighted by molar-refractivity contribution is -0.120. The zero-order valence-electron chi connectivity index (χ0n) is 20.0. The van der Waals surface area contributed by atoms with Crippen LogP contribution in [0.1, 0.15) is 56.8 Å². The Labute approximate surface area is 208 Å². The minimum absolute atomic E-state index is 0.0588. The summed E-state index contributed by atoms with van der Waals surface area (Å²) in [6.07, 6.45) is 2.73. The third kappa shape index (κ3) is 5.56. The second kappa shape index (κ2) is 10.2. The van der Waals surface area contributed by atoms with Crippen LogP contribution in [0.25, 0.3) is 0 Å². The van der Waals surface area contributed by atoms with Gasteiger partial charge in [0.15, 0.2) is 0 Å². The van der Waals surface area contributed by atoms with Crippen molar-refractivity contribution in [1.29, 1.82) is 5.41 Å². The summed E-state index contributed by atoms with van der Waals surface area (Å²) in [6.45, 7) is 5.43. The summed E-state index contributed by atoms with van der Waals surface area (Å²) in [5.74, 6) is -0.182. The van der Waals surface area contributed by atoms with Gasteiger partial charge in [-0.1, -0.05) is 11.6 Å². The van der Waals surface area contributed by atoms with Crippen molar-refractivity contribution in [3.8, 4) is 5.75 Å². The number of aliphatic imine (C=N–C) groups is 1. The molecule has 35 heavy (non-hydrogen) atoms. The Morgan fingerprint density at radius 1 is 1.23 bits per heavy atom. The first kappa shape index (κ1) is 24.9. The van der Waals surface area contributed by atoms with Crippen molar-refractivity contribution in [3.05, 3.63) is 51.7 Å². The molecule has 10 heteroatoms. The minimum atomic E-state index is -0.490. The summed E-state index contributed by atoms with van der Waals surface area (Å²) in [5, 5.41) is 15.0. The summed E-state index contributed by atoms with van der Waals surface area (Å²) in [6, 6.07) is 4.01. The smallest absolute Gasteiger partial charge is 0.258 e. The molecule has 2 heterocycles. The molecule has 1 aromatic carbocycles. The standard InChI is InChI=1S/C25H29ClFN5O3/c1-13-23(26)14(2)30-24(29-13)20-11-32(12-21(20)28)25(34)19-9-4-16(27)10-22(19)35-18-7-5-17(6-8-18)31-15(3)33/h4,9-10,17-18,28-29H,5-8,11-12H2,1-3H3,(H,31,33)/b24-20+,28-21?/t17-,18+. The number of halogens is 2. The fourth-order valence-corrected chi connectivity index (χ4v) is 4.70. The van der Waals surface area contributed by atoms with E-state index in [0.29, 0.717) is 35.0 Å². The van der Waals surface area contributed by atoms with Crippen LogP contribution in [0.5, 0.6) is 5.75 Å². The highest BCUT2D eigenvalue weighted by atomic mass is 35.5. The van der Waals surface area contributed by atoms with Gasteiger partial charge in [0.2, 0.25) is 5.91 Å². The van der Waals surface area contributed by atoms with E-state index in [-0.39, 0.29) is 54.1 Å². The Hall–Kier alpha value is -3.20. The predicted molar refractivity (Wildman–Crippen MR) is 132 cm³/mol. The molecule has 0 spiro atoms. The van der Waals surface area contributed by atoms with Crippen molar-refractivity contribution in [3.63, 3.8) is 0 Å². The molecule has 2 amide bonds. The van der Waals surface area contributed by atoms with Crippen molar-refractivity contribution in [2.75, 3.05) is 13.1 Å². The number of hydrogen-bond donors (Lipinski definition) is 3. The van der Waals surface area contributed by atoms with E-state index >= 15 is 0 Å². The van der Waals surface area contributed by atoms with Crippen LogP contribution >= 0.6 is 11.6 Å². The summed E-state index contributed by atoms with van der Waals surface area (Å²) < 4.78 is 20.2. The second-order valence-corrected chi connectivity index (χ2v) is 9.54. The van der Waals surface area contributed by atoms with E-state index in [1.807, 2.05) is 6.92 Å². The molecule has 3 N–H and O–H groups in total. The van der Waals surface area contributed by atoms with E-state index in [9.17, 15) is 14.0 Å². The molecule has 0 unspecified atom stereocenters. The van der Waals surface area contributed by atoms with Gasteiger partial charge in [0.25, 0.3) is 5.91 Å². The van der Waals surface area contributed by atoms with E-state index in [1.54, 1.807) is 6.92 Å². The van der Waals surface area contributed by atoms with Gasteiger partial charge in [0.1, 0.15) is 17.4 Å². The average Bonchev–Trinajstić information content (AvgIpc) is 3.19. The fraction of sp³-hybridized carbons (Fsp3) is 0.440. The van der Waals surface area contributed by atoms with Crippen molar-refractivity contribution < 1.29 is 18.7 Å². The molecule has 4 rings (SSSR count). The van der Waals surface area contributed by atoms with Crippen LogP contribution in [-0.2, 0) is 4.79 Å². The number of allylic oxidation sites excluding steroid dienone is 2. The van der Waals surface area contributed by atoms with Crippen molar-refractivity contribution in [2.24, 2.45) is 4.99 Å². The molecular weight excluding hydrogens is 473 g/mol. The highest BCUT2D eigenvalue weighted by Crippen LogP contribution is 2.30. The van der Waals surface area contributed by atoms with Gasteiger partial charge in [-0.3, -0.25) is 9.59 Å². The van der Waals surface area contributed by atoms with Gasteiger partial charge in [-0.25, -0.2) is 9.38 Å². The molecule has 0 aromatic heterocycles. The number of hydrogen-bond acceptors (Lipinski definition) is 6. The van der Waals surface area contributed by atoms with Crippen LogP contribution in [0, 0.1) is 11.2 Å². The number of likely N-dealkylation sites (tertiary alicyclic amines) is 1. The number of carbonyl (C=O) groups is 2. The first-order valence-corrected chi connectivity index (χ1v) is 12.0. The minimum Gasteiger partial charge on any atom is -0.489 e. The van der Waals surface area contributed by atoms with Crippen molar-refractivity contribution in [1.82, 2.24) is 15.5 Å². The van der Waals surface area contributed by atoms with Crippen LogP contribution in [-0.4, -0.2) is 53.4 Å². The first-order valence-electron chi connectivity index (χ1n) is 11.6. The maximum absolute atomic E-state index is 14.1. The third-order valence-corrected chi connectivity index (χ3v) is 6.97. The molecule has 0 bridgehead atoms. The van der Waals surface area contributed by atoms with Gasteiger partial charge in [-0.05, 0) is 51.7 Å². The Balaban J connectivity index is 1.49. The second-order valence-electron chi connectivity index (χ2n) is 9.16.